The molecular formula is C26H15Cl2F7N2O3S. The Kier molecular flexibility index (Phi) is 8.55. The first-order valence-corrected chi connectivity index (χ1v) is 12.9. The van der Waals surface area contributed by atoms with Crippen molar-refractivity contribution in [3.8, 4) is 0 Å². The largest absolute Gasteiger partial charge is 0.422 e. The van der Waals surface area contributed by atoms with E-state index in [4.69, 9.17) is 23.2 Å². The summed E-state index contributed by atoms with van der Waals surface area (Å²) < 4.78 is 98.2. The van der Waals surface area contributed by atoms with Gasteiger partial charge in [0.05, 0.1) is 22.0 Å². The fraction of sp³-hybridized carbons (Fsp3) is 0.154. The maximum Gasteiger partial charge on any atom is 0.422 e. The van der Waals surface area contributed by atoms with Crippen molar-refractivity contribution in [3.63, 3.8) is 0 Å². The Morgan fingerprint density at radius 2 is 1.61 bits per heavy atom. The van der Waals surface area contributed by atoms with Crippen LogP contribution in [0.1, 0.15) is 32.0 Å². The molecule has 1 aliphatic rings. The lowest BCUT2D eigenvalue weighted by Gasteiger charge is -2.37. The molecule has 2 unspecified atom stereocenters. The predicted octanol–water partition coefficient (Wildman–Crippen LogP) is 7.33. The van der Waals surface area contributed by atoms with E-state index in [-0.39, 0.29) is 22.9 Å². The van der Waals surface area contributed by atoms with E-state index in [2.05, 4.69) is 5.32 Å². The van der Waals surface area contributed by atoms with E-state index in [1.165, 1.54) is 11.4 Å². The van der Waals surface area contributed by atoms with Crippen LogP contribution in [0.2, 0.25) is 0 Å². The summed E-state index contributed by atoms with van der Waals surface area (Å²) in [6.45, 7) is 0. The predicted molar refractivity (Wildman–Crippen MR) is 137 cm³/mol. The fourth-order valence-electron chi connectivity index (χ4n) is 4.10. The van der Waals surface area contributed by atoms with Crippen molar-refractivity contribution in [1.29, 1.82) is 0 Å². The van der Waals surface area contributed by atoms with E-state index < -0.39 is 85.9 Å². The number of carbonyl (C=O) groups is 2. The van der Waals surface area contributed by atoms with Gasteiger partial charge in [-0.2, -0.15) is 13.2 Å². The molecule has 4 rings (SSSR count). The van der Waals surface area contributed by atoms with Gasteiger partial charge in [0.1, 0.15) is 23.0 Å². The standard InChI is InChI=1S/C26H15Cl2F7N2O3S/c27-14-7-11(25(40,26(33,34)35)19-5-2-6-41-19)8-15(28)22(14)37-23(38)13-3-1-4-18(21(13)32)36-24(39)20-16(30)9-12(29)10-17(20)31/h1-7,9-11,40H,8H2,(H,36,39)(H,37,38). The molecule has 1 heterocycles. The minimum atomic E-state index is -5.12. The van der Waals surface area contributed by atoms with Gasteiger partial charge in [-0.1, -0.05) is 41.4 Å². The summed E-state index contributed by atoms with van der Waals surface area (Å²) in [5, 5.41) is 15.3. The van der Waals surface area contributed by atoms with Crippen molar-refractivity contribution >= 4 is 52.0 Å². The Bertz CT molecular complexity index is 1570. The summed E-state index contributed by atoms with van der Waals surface area (Å²) in [5.74, 6) is -10.1. The molecule has 1 aliphatic carbocycles. The fourth-order valence-corrected chi connectivity index (χ4v) is 5.68. The van der Waals surface area contributed by atoms with Gasteiger partial charge in [-0.05, 0) is 30.0 Å². The van der Waals surface area contributed by atoms with Gasteiger partial charge in [0.15, 0.2) is 5.82 Å². The van der Waals surface area contributed by atoms with Crippen LogP contribution in [0.3, 0.4) is 0 Å². The number of halogens is 9. The van der Waals surface area contributed by atoms with Crippen LogP contribution < -0.4 is 10.6 Å². The molecule has 3 aromatic rings. The molecule has 0 spiro atoms. The van der Waals surface area contributed by atoms with E-state index in [1.807, 2.05) is 5.32 Å². The van der Waals surface area contributed by atoms with Gasteiger partial charge >= 0.3 is 6.18 Å². The topological polar surface area (TPSA) is 78.4 Å². The highest BCUT2D eigenvalue weighted by Crippen LogP contribution is 2.51. The lowest BCUT2D eigenvalue weighted by atomic mass is 9.80. The molecule has 5 nitrogen and oxygen atoms in total. The van der Waals surface area contributed by atoms with Gasteiger partial charge in [-0.15, -0.1) is 11.3 Å². The average Bonchev–Trinajstić information content (AvgIpc) is 3.41. The molecular weight excluding hydrogens is 624 g/mol. The maximum atomic E-state index is 15.1. The maximum absolute atomic E-state index is 15.1. The SMILES string of the molecule is O=C(NC1=C(Cl)CC(C(O)(c2cccs2)C(F)(F)F)C=C1Cl)c1cccc(NC(=O)c2c(F)cc(F)cc2F)c1F. The molecule has 3 N–H and O–H groups in total. The average molecular weight is 639 g/mol. The van der Waals surface area contributed by atoms with Crippen LogP contribution in [0.4, 0.5) is 36.4 Å². The number of rotatable bonds is 6. The Morgan fingerprint density at radius 3 is 2.17 bits per heavy atom. The summed E-state index contributed by atoms with van der Waals surface area (Å²) in [5.41, 5.74) is -6.29. The quantitative estimate of drug-likeness (QED) is 0.247. The van der Waals surface area contributed by atoms with E-state index in [1.54, 1.807) is 0 Å². The third-order valence-corrected chi connectivity index (χ3v) is 7.74. The van der Waals surface area contributed by atoms with Crippen molar-refractivity contribution in [2.24, 2.45) is 5.92 Å². The molecule has 1 aromatic heterocycles. The Morgan fingerprint density at radius 1 is 0.951 bits per heavy atom. The molecule has 2 atom stereocenters. The highest BCUT2D eigenvalue weighted by Gasteiger charge is 2.60. The third kappa shape index (κ3) is 5.85. The minimum Gasteiger partial charge on any atom is -0.375 e. The Labute approximate surface area is 240 Å². The second-order valence-corrected chi connectivity index (χ2v) is 10.5. The molecule has 0 saturated heterocycles. The van der Waals surface area contributed by atoms with E-state index in [0.29, 0.717) is 11.3 Å². The molecule has 0 aliphatic heterocycles. The normalized spacial score (nSPS) is 17.1. The number of aliphatic hydroxyl groups is 1. The number of thiophene rings is 1. The lowest BCUT2D eigenvalue weighted by Crippen LogP contribution is -2.48. The molecule has 0 saturated carbocycles. The van der Waals surface area contributed by atoms with Crippen molar-refractivity contribution in [1.82, 2.24) is 5.32 Å². The number of benzene rings is 2. The summed E-state index contributed by atoms with van der Waals surface area (Å²) in [7, 11) is 0. The van der Waals surface area contributed by atoms with Gasteiger partial charge in [0.25, 0.3) is 11.8 Å². The molecule has 0 bridgehead atoms. The first-order valence-electron chi connectivity index (χ1n) is 11.3. The monoisotopic (exact) mass is 638 g/mol. The second kappa shape index (κ2) is 11.5. The number of allylic oxidation sites excluding steroid dienone is 2. The van der Waals surface area contributed by atoms with Crippen LogP contribution in [0.25, 0.3) is 0 Å². The summed E-state index contributed by atoms with van der Waals surface area (Å²) in [4.78, 5) is 24.8. The molecule has 2 aromatic carbocycles. The zero-order chi connectivity index (χ0) is 30.3. The smallest absolute Gasteiger partial charge is 0.375 e. The van der Waals surface area contributed by atoms with Gasteiger partial charge in [0.2, 0.25) is 5.60 Å². The number of hydrogen-bond donors (Lipinski definition) is 3. The first kappa shape index (κ1) is 30.6. The van der Waals surface area contributed by atoms with E-state index >= 15 is 4.39 Å². The van der Waals surface area contributed by atoms with Gasteiger partial charge in [-0.25, -0.2) is 17.6 Å². The van der Waals surface area contributed by atoms with Crippen molar-refractivity contribution < 1.29 is 45.4 Å². The third-order valence-electron chi connectivity index (χ3n) is 6.09. The molecule has 15 heteroatoms. The van der Waals surface area contributed by atoms with Crippen LogP contribution >= 0.6 is 34.5 Å². The Balaban J connectivity index is 1.57. The van der Waals surface area contributed by atoms with E-state index in [9.17, 15) is 41.0 Å². The van der Waals surface area contributed by atoms with Crippen molar-refractivity contribution in [2.75, 3.05) is 5.32 Å². The first-order chi connectivity index (χ1) is 19.1. The van der Waals surface area contributed by atoms with Crippen LogP contribution in [0, 0.1) is 29.2 Å². The molecule has 216 valence electrons. The zero-order valence-electron chi connectivity index (χ0n) is 20.1. The van der Waals surface area contributed by atoms with Gasteiger partial charge in [-0.3, -0.25) is 9.59 Å². The van der Waals surface area contributed by atoms with Crippen LogP contribution in [0.15, 0.2) is 69.7 Å². The minimum absolute atomic E-state index is 0.248. The van der Waals surface area contributed by atoms with Crippen LogP contribution in [0.5, 0.6) is 0 Å². The Hall–Kier alpha value is -3.39. The number of amides is 2. The van der Waals surface area contributed by atoms with Gasteiger partial charge in [0, 0.05) is 28.0 Å². The van der Waals surface area contributed by atoms with Crippen LogP contribution in [-0.4, -0.2) is 23.1 Å². The zero-order valence-corrected chi connectivity index (χ0v) is 22.4. The molecule has 41 heavy (non-hydrogen) atoms. The highest BCUT2D eigenvalue weighted by atomic mass is 35.5. The molecule has 2 amide bonds. The lowest BCUT2D eigenvalue weighted by molar-refractivity contribution is -0.279. The second-order valence-electron chi connectivity index (χ2n) is 8.67. The number of alkyl halides is 3. The number of carbonyl (C=O) groups excluding carboxylic acids is 2. The number of hydrogen-bond acceptors (Lipinski definition) is 4. The highest BCUT2D eigenvalue weighted by molar-refractivity contribution is 7.10. The van der Waals surface area contributed by atoms with Crippen LogP contribution in [-0.2, 0) is 5.60 Å². The number of nitrogens with one attached hydrogen (secondary N) is 2. The summed E-state index contributed by atoms with van der Waals surface area (Å²) in [6, 6.07) is 5.97. The molecule has 0 fully saturated rings. The summed E-state index contributed by atoms with van der Waals surface area (Å²) in [6.07, 6.45) is -4.86. The van der Waals surface area contributed by atoms with Gasteiger partial charge < -0.3 is 15.7 Å². The number of anilines is 1. The van der Waals surface area contributed by atoms with Crippen molar-refractivity contribution in [2.45, 2.75) is 18.2 Å². The molecule has 0 radical (unpaired) electrons. The van der Waals surface area contributed by atoms with Crippen molar-refractivity contribution in [3.05, 3.63) is 109 Å². The van der Waals surface area contributed by atoms with E-state index in [0.717, 1.165) is 30.3 Å². The summed E-state index contributed by atoms with van der Waals surface area (Å²) >= 11 is 13.0.